The summed E-state index contributed by atoms with van der Waals surface area (Å²) in [5.41, 5.74) is 1.59. The van der Waals surface area contributed by atoms with Crippen LogP contribution >= 0.6 is 11.8 Å². The van der Waals surface area contributed by atoms with Crippen molar-refractivity contribution in [2.75, 3.05) is 22.6 Å². The van der Waals surface area contributed by atoms with Crippen molar-refractivity contribution >= 4 is 35.0 Å². The van der Waals surface area contributed by atoms with Crippen LogP contribution in [0, 0.1) is 12.7 Å². The summed E-state index contributed by atoms with van der Waals surface area (Å²) >= 11 is 1.21. The van der Waals surface area contributed by atoms with Gasteiger partial charge in [0.25, 0.3) is 5.91 Å². The number of nitrogens with zero attached hydrogens (tertiary/aromatic N) is 4. The van der Waals surface area contributed by atoms with Crippen molar-refractivity contribution in [3.05, 3.63) is 59.7 Å². The van der Waals surface area contributed by atoms with Crippen LogP contribution in [0.25, 0.3) is 0 Å². The Morgan fingerprint density at radius 2 is 2.06 bits per heavy atom. The quantitative estimate of drug-likeness (QED) is 0.573. The fourth-order valence-electron chi connectivity index (χ4n) is 3.48. The van der Waals surface area contributed by atoms with Gasteiger partial charge in [0.05, 0.1) is 17.5 Å². The molecule has 32 heavy (non-hydrogen) atoms. The van der Waals surface area contributed by atoms with Crippen molar-refractivity contribution < 1.29 is 18.7 Å². The lowest BCUT2D eigenvalue weighted by atomic mass is 10.1. The van der Waals surface area contributed by atoms with Gasteiger partial charge in [0, 0.05) is 12.7 Å². The van der Waals surface area contributed by atoms with Gasteiger partial charge in [0.1, 0.15) is 11.6 Å². The molecule has 0 unspecified atom stereocenters. The number of rotatable bonds is 6. The molecule has 1 aliphatic heterocycles. The van der Waals surface area contributed by atoms with Crippen LogP contribution in [-0.2, 0) is 16.6 Å². The summed E-state index contributed by atoms with van der Waals surface area (Å²) in [5, 5.41) is 11.6. The molecule has 3 aromatic rings. The van der Waals surface area contributed by atoms with Gasteiger partial charge in [0.2, 0.25) is 5.91 Å². The van der Waals surface area contributed by atoms with Gasteiger partial charge < -0.3 is 14.6 Å². The number of hydrogen-bond acceptors (Lipinski definition) is 6. The van der Waals surface area contributed by atoms with E-state index in [1.807, 2.05) is 31.2 Å². The van der Waals surface area contributed by atoms with Crippen LogP contribution in [0.5, 0.6) is 5.75 Å². The zero-order valence-corrected chi connectivity index (χ0v) is 18.6. The minimum absolute atomic E-state index is 0.0411. The van der Waals surface area contributed by atoms with E-state index < -0.39 is 0 Å². The SMILES string of the molecule is Cc1ccc(NC(=O)CSc2nnc([C@@H](C)N3C(=O)COc4ccccc43)n2C)cc1F. The molecule has 1 aromatic heterocycles. The number of carbonyl (C=O) groups excluding carboxylic acids is 2. The maximum Gasteiger partial charge on any atom is 0.265 e. The van der Waals surface area contributed by atoms with Crippen molar-refractivity contribution in [2.45, 2.75) is 25.0 Å². The first-order valence-electron chi connectivity index (χ1n) is 9.97. The normalized spacial score (nSPS) is 14.0. The molecule has 0 saturated heterocycles. The van der Waals surface area contributed by atoms with E-state index in [2.05, 4.69) is 15.5 Å². The minimum Gasteiger partial charge on any atom is -0.482 e. The maximum absolute atomic E-state index is 13.7. The van der Waals surface area contributed by atoms with Gasteiger partial charge >= 0.3 is 0 Å². The highest BCUT2D eigenvalue weighted by Gasteiger charge is 2.32. The average molecular weight is 456 g/mol. The Labute approximate surface area is 188 Å². The number of hydrogen-bond donors (Lipinski definition) is 1. The van der Waals surface area contributed by atoms with Crippen molar-refractivity contribution in [1.29, 1.82) is 0 Å². The highest BCUT2D eigenvalue weighted by Crippen LogP contribution is 2.37. The number of nitrogens with one attached hydrogen (secondary N) is 1. The van der Waals surface area contributed by atoms with Crippen LogP contribution in [0.3, 0.4) is 0 Å². The molecule has 0 aliphatic carbocycles. The Morgan fingerprint density at radius 3 is 2.84 bits per heavy atom. The first-order valence-corrected chi connectivity index (χ1v) is 11.0. The first-order chi connectivity index (χ1) is 15.3. The Balaban J connectivity index is 1.45. The predicted molar refractivity (Wildman–Crippen MR) is 119 cm³/mol. The highest BCUT2D eigenvalue weighted by molar-refractivity contribution is 7.99. The smallest absolute Gasteiger partial charge is 0.265 e. The Morgan fingerprint density at radius 1 is 1.28 bits per heavy atom. The number of amides is 2. The summed E-state index contributed by atoms with van der Waals surface area (Å²) in [5.74, 6) is 0.473. The number of ether oxygens (including phenoxy) is 1. The van der Waals surface area contributed by atoms with Crippen LogP contribution in [0.15, 0.2) is 47.6 Å². The molecule has 0 radical (unpaired) electrons. The zero-order valence-electron chi connectivity index (χ0n) is 17.8. The number of fused-ring (bicyclic) bond motifs is 1. The number of benzene rings is 2. The minimum atomic E-state index is -0.385. The van der Waals surface area contributed by atoms with Crippen LogP contribution in [0.4, 0.5) is 15.8 Å². The molecule has 0 saturated carbocycles. The third kappa shape index (κ3) is 4.31. The molecule has 0 spiro atoms. The van der Waals surface area contributed by atoms with E-state index in [4.69, 9.17) is 4.74 Å². The fraction of sp³-hybridized carbons (Fsp3) is 0.273. The molecule has 0 fully saturated rings. The van der Waals surface area contributed by atoms with E-state index >= 15 is 0 Å². The Bertz CT molecular complexity index is 1180. The van der Waals surface area contributed by atoms with Gasteiger partial charge in [-0.2, -0.15) is 0 Å². The van der Waals surface area contributed by atoms with Crippen LogP contribution in [-0.4, -0.2) is 38.9 Å². The summed E-state index contributed by atoms with van der Waals surface area (Å²) in [7, 11) is 1.79. The molecule has 1 N–H and O–H groups in total. The molecule has 8 nitrogen and oxygen atoms in total. The zero-order chi connectivity index (χ0) is 22.8. The summed E-state index contributed by atoms with van der Waals surface area (Å²) in [6, 6.07) is 11.5. The molecule has 1 atom stereocenters. The molecule has 2 heterocycles. The largest absolute Gasteiger partial charge is 0.482 e. The highest BCUT2D eigenvalue weighted by atomic mass is 32.2. The van der Waals surface area contributed by atoms with Crippen molar-refractivity contribution in [2.24, 2.45) is 7.05 Å². The second kappa shape index (κ2) is 8.99. The average Bonchev–Trinajstić information content (AvgIpc) is 3.14. The number of para-hydroxylation sites is 2. The number of halogens is 1. The summed E-state index contributed by atoms with van der Waals surface area (Å²) in [4.78, 5) is 26.5. The molecule has 0 bridgehead atoms. The Hall–Kier alpha value is -3.40. The van der Waals surface area contributed by atoms with E-state index in [-0.39, 0.29) is 36.0 Å². The topological polar surface area (TPSA) is 89.3 Å². The molecule has 2 amide bonds. The second-order valence-electron chi connectivity index (χ2n) is 7.40. The van der Waals surface area contributed by atoms with Crippen molar-refractivity contribution in [3.63, 3.8) is 0 Å². The number of anilines is 2. The lowest BCUT2D eigenvalue weighted by Gasteiger charge is -2.33. The maximum atomic E-state index is 13.7. The van der Waals surface area contributed by atoms with Crippen molar-refractivity contribution in [3.8, 4) is 5.75 Å². The third-order valence-corrected chi connectivity index (χ3v) is 6.18. The summed E-state index contributed by atoms with van der Waals surface area (Å²) < 4.78 is 20.9. The molecule has 4 rings (SSSR count). The molecule has 1 aliphatic rings. The third-order valence-electron chi connectivity index (χ3n) is 5.16. The molecule has 10 heteroatoms. The summed E-state index contributed by atoms with van der Waals surface area (Å²) in [6.07, 6.45) is 0. The van der Waals surface area contributed by atoms with Gasteiger partial charge in [-0.3, -0.25) is 14.5 Å². The van der Waals surface area contributed by atoms with Crippen LogP contribution in [0.1, 0.15) is 24.4 Å². The standard InChI is InChI=1S/C22H22FN5O3S/c1-13-8-9-15(10-16(13)23)24-19(29)12-32-22-26-25-21(27(22)3)14(2)28-17-6-4-5-7-18(17)31-11-20(28)30/h4-10,14H,11-12H2,1-3H3,(H,24,29)/t14-/m1/s1. The van der Waals surface area contributed by atoms with Crippen LogP contribution < -0.4 is 15.0 Å². The van der Waals surface area contributed by atoms with Gasteiger partial charge in [-0.1, -0.05) is 30.0 Å². The van der Waals surface area contributed by atoms with E-state index in [1.54, 1.807) is 35.6 Å². The predicted octanol–water partition coefficient (Wildman–Crippen LogP) is 3.48. The Kier molecular flexibility index (Phi) is 6.13. The van der Waals surface area contributed by atoms with E-state index in [1.165, 1.54) is 17.8 Å². The first kappa shape index (κ1) is 21.8. The molecule has 2 aromatic carbocycles. The van der Waals surface area contributed by atoms with Gasteiger partial charge in [-0.15, -0.1) is 10.2 Å². The lowest BCUT2D eigenvalue weighted by molar-refractivity contribution is -0.121. The lowest BCUT2D eigenvalue weighted by Crippen LogP contribution is -2.41. The fourth-order valence-corrected chi connectivity index (χ4v) is 4.19. The molecular formula is C22H22FN5O3S. The van der Waals surface area contributed by atoms with E-state index in [0.29, 0.717) is 33.7 Å². The van der Waals surface area contributed by atoms with E-state index in [9.17, 15) is 14.0 Å². The van der Waals surface area contributed by atoms with Gasteiger partial charge in [-0.05, 0) is 43.7 Å². The molecular weight excluding hydrogens is 433 g/mol. The summed E-state index contributed by atoms with van der Waals surface area (Å²) in [6.45, 7) is 3.49. The van der Waals surface area contributed by atoms with Crippen molar-refractivity contribution in [1.82, 2.24) is 14.8 Å². The van der Waals surface area contributed by atoms with Gasteiger partial charge in [0.15, 0.2) is 17.6 Å². The van der Waals surface area contributed by atoms with Gasteiger partial charge in [-0.25, -0.2) is 4.39 Å². The number of aryl methyl sites for hydroxylation is 1. The molecule has 166 valence electrons. The monoisotopic (exact) mass is 455 g/mol. The number of aromatic nitrogens is 3. The number of thioether (sulfide) groups is 1. The number of carbonyl (C=O) groups is 2. The second-order valence-corrected chi connectivity index (χ2v) is 8.34. The van der Waals surface area contributed by atoms with E-state index in [0.717, 1.165) is 0 Å². The van der Waals surface area contributed by atoms with Crippen LogP contribution in [0.2, 0.25) is 0 Å².